The molecule has 0 N–H and O–H groups in total. The third-order valence-corrected chi connectivity index (χ3v) is 7.56. The van der Waals surface area contributed by atoms with E-state index < -0.39 is 10.0 Å². The average molecular weight is 472 g/mol. The quantitative estimate of drug-likeness (QED) is 0.369. The van der Waals surface area contributed by atoms with Gasteiger partial charge in [0.25, 0.3) is 5.89 Å². The number of benzene rings is 2. The fraction of sp³-hybridized carbons (Fsp3) is 0.304. The topological polar surface area (TPSA) is 108 Å². The van der Waals surface area contributed by atoms with E-state index in [1.54, 1.807) is 50.6 Å². The van der Waals surface area contributed by atoms with Crippen LogP contribution in [-0.4, -0.2) is 50.2 Å². The number of furan rings is 1. The number of ether oxygens (including phenoxy) is 2. The van der Waals surface area contributed by atoms with Gasteiger partial charge in [0, 0.05) is 29.6 Å². The molecule has 4 rings (SSSR count). The zero-order valence-electron chi connectivity index (χ0n) is 19.1. The highest BCUT2D eigenvalue weighted by atomic mass is 32.2. The van der Waals surface area contributed by atoms with Gasteiger partial charge in [0.05, 0.1) is 19.1 Å². The Morgan fingerprint density at radius 1 is 1.00 bits per heavy atom. The number of nitrogens with zero attached hydrogens (tertiary/aromatic N) is 3. The Balaban J connectivity index is 1.73. The molecule has 0 atom stereocenters. The molecule has 2 aromatic carbocycles. The Labute approximate surface area is 192 Å². The summed E-state index contributed by atoms with van der Waals surface area (Å²) in [6.07, 6.45) is 0. The smallest absolute Gasteiger partial charge is 0.294 e. The van der Waals surface area contributed by atoms with Crippen molar-refractivity contribution in [3.8, 4) is 34.5 Å². The van der Waals surface area contributed by atoms with E-state index >= 15 is 0 Å². The molecule has 0 bridgehead atoms. The Hall–Kier alpha value is -3.37. The first-order chi connectivity index (χ1) is 15.8. The second-order valence-corrected chi connectivity index (χ2v) is 9.23. The molecule has 0 aliphatic rings. The molecule has 33 heavy (non-hydrogen) atoms. The summed E-state index contributed by atoms with van der Waals surface area (Å²) in [5.41, 5.74) is 1.93. The predicted octanol–water partition coefficient (Wildman–Crippen LogP) is 4.51. The number of rotatable bonds is 8. The molecule has 10 heteroatoms. The number of fused-ring (bicyclic) bond motifs is 1. The van der Waals surface area contributed by atoms with E-state index in [2.05, 4.69) is 10.1 Å². The molecule has 0 saturated carbocycles. The normalized spacial score (nSPS) is 11.9. The van der Waals surface area contributed by atoms with E-state index in [-0.39, 0.29) is 10.8 Å². The van der Waals surface area contributed by atoms with Crippen molar-refractivity contribution in [1.29, 1.82) is 0 Å². The van der Waals surface area contributed by atoms with E-state index in [4.69, 9.17) is 18.4 Å². The molecule has 0 fully saturated rings. The highest BCUT2D eigenvalue weighted by Gasteiger charge is 2.25. The summed E-state index contributed by atoms with van der Waals surface area (Å²) in [7, 11) is -0.477. The van der Waals surface area contributed by atoms with Gasteiger partial charge < -0.3 is 18.4 Å². The molecule has 0 spiro atoms. The minimum absolute atomic E-state index is 0.196. The van der Waals surface area contributed by atoms with Crippen molar-refractivity contribution in [3.63, 3.8) is 0 Å². The molecule has 0 saturated heterocycles. The Kier molecular flexibility index (Phi) is 6.13. The van der Waals surface area contributed by atoms with Gasteiger partial charge in [0.15, 0.2) is 17.3 Å². The zero-order valence-corrected chi connectivity index (χ0v) is 19.9. The fourth-order valence-electron chi connectivity index (χ4n) is 3.69. The molecular weight excluding hydrogens is 446 g/mol. The maximum absolute atomic E-state index is 12.9. The van der Waals surface area contributed by atoms with Crippen molar-refractivity contribution in [2.45, 2.75) is 25.7 Å². The van der Waals surface area contributed by atoms with Gasteiger partial charge in [-0.3, -0.25) is 0 Å². The first-order valence-corrected chi connectivity index (χ1v) is 11.9. The van der Waals surface area contributed by atoms with Crippen molar-refractivity contribution < 1.29 is 26.8 Å². The number of hydrogen-bond acceptors (Lipinski definition) is 8. The number of sulfonamides is 1. The summed E-state index contributed by atoms with van der Waals surface area (Å²) >= 11 is 0. The van der Waals surface area contributed by atoms with Crippen LogP contribution in [0, 0.1) is 6.92 Å². The van der Waals surface area contributed by atoms with E-state index in [1.807, 2.05) is 20.8 Å². The first kappa shape index (κ1) is 22.8. The fourth-order valence-corrected chi connectivity index (χ4v) is 5.17. The van der Waals surface area contributed by atoms with Gasteiger partial charge >= 0.3 is 0 Å². The number of hydrogen-bond donors (Lipinski definition) is 0. The Bertz CT molecular complexity index is 1400. The number of aryl methyl sites for hydroxylation is 1. The standard InChI is InChI=1S/C23H25N3O6S/c1-6-26(7-2)33(27,28)16-9-11-18-17(13-16)14(3)21(31-18)23-24-22(25-32-23)15-8-10-19(29-4)20(12-15)30-5/h8-13H,6-7H2,1-5H3. The van der Waals surface area contributed by atoms with Crippen molar-refractivity contribution >= 4 is 21.0 Å². The second kappa shape index (κ2) is 8.87. The highest BCUT2D eigenvalue weighted by molar-refractivity contribution is 7.89. The lowest BCUT2D eigenvalue weighted by Gasteiger charge is -2.18. The summed E-state index contributed by atoms with van der Waals surface area (Å²) < 4.78 is 49.3. The van der Waals surface area contributed by atoms with Crippen LogP contribution in [0.3, 0.4) is 0 Å². The highest BCUT2D eigenvalue weighted by Crippen LogP contribution is 2.36. The van der Waals surface area contributed by atoms with Crippen LogP contribution in [-0.2, 0) is 10.0 Å². The van der Waals surface area contributed by atoms with E-state index in [9.17, 15) is 8.42 Å². The molecule has 4 aromatic rings. The third-order valence-electron chi connectivity index (χ3n) is 5.51. The minimum Gasteiger partial charge on any atom is -0.493 e. The second-order valence-electron chi connectivity index (χ2n) is 7.30. The van der Waals surface area contributed by atoms with Gasteiger partial charge in [-0.15, -0.1) is 0 Å². The van der Waals surface area contributed by atoms with Crippen LogP contribution in [0.15, 0.2) is 50.2 Å². The predicted molar refractivity (Wildman–Crippen MR) is 123 cm³/mol. The van der Waals surface area contributed by atoms with Crippen molar-refractivity contribution in [1.82, 2.24) is 14.4 Å². The molecule has 2 heterocycles. The number of aromatic nitrogens is 2. The molecule has 0 radical (unpaired) electrons. The van der Waals surface area contributed by atoms with Crippen LogP contribution in [0.25, 0.3) is 34.0 Å². The van der Waals surface area contributed by atoms with Gasteiger partial charge in [-0.2, -0.15) is 9.29 Å². The van der Waals surface area contributed by atoms with Gasteiger partial charge in [0.1, 0.15) is 5.58 Å². The first-order valence-electron chi connectivity index (χ1n) is 10.4. The number of methoxy groups -OCH3 is 2. The van der Waals surface area contributed by atoms with E-state index in [0.29, 0.717) is 58.3 Å². The SMILES string of the molecule is CCN(CC)S(=O)(=O)c1ccc2oc(-c3nc(-c4ccc(OC)c(OC)c4)no3)c(C)c2c1. The third kappa shape index (κ3) is 3.96. The molecule has 0 aliphatic carbocycles. The summed E-state index contributed by atoms with van der Waals surface area (Å²) in [6.45, 7) is 6.24. The Morgan fingerprint density at radius 3 is 2.39 bits per heavy atom. The van der Waals surface area contributed by atoms with Gasteiger partial charge in [-0.25, -0.2) is 8.42 Å². The lowest BCUT2D eigenvalue weighted by atomic mass is 10.1. The minimum atomic E-state index is -3.59. The summed E-state index contributed by atoms with van der Waals surface area (Å²) in [5, 5.41) is 4.73. The summed E-state index contributed by atoms with van der Waals surface area (Å²) in [4.78, 5) is 4.68. The zero-order chi connectivity index (χ0) is 23.8. The molecule has 174 valence electrons. The monoisotopic (exact) mass is 471 g/mol. The maximum atomic E-state index is 12.9. The van der Waals surface area contributed by atoms with Crippen LogP contribution >= 0.6 is 0 Å². The van der Waals surface area contributed by atoms with Crippen molar-refractivity contribution in [2.24, 2.45) is 0 Å². The molecular formula is C23H25N3O6S. The molecule has 9 nitrogen and oxygen atoms in total. The van der Waals surface area contributed by atoms with Crippen LogP contribution in [0.4, 0.5) is 0 Å². The lowest BCUT2D eigenvalue weighted by molar-refractivity contribution is 0.355. The largest absolute Gasteiger partial charge is 0.493 e. The van der Waals surface area contributed by atoms with Gasteiger partial charge in [-0.1, -0.05) is 19.0 Å². The summed E-state index contributed by atoms with van der Waals surface area (Å²) in [5.74, 6) is 2.08. The van der Waals surface area contributed by atoms with Crippen molar-refractivity contribution in [3.05, 3.63) is 42.0 Å². The summed E-state index contributed by atoms with van der Waals surface area (Å²) in [6, 6.07) is 10.1. The lowest BCUT2D eigenvalue weighted by Crippen LogP contribution is -2.30. The molecule has 2 aromatic heterocycles. The maximum Gasteiger partial charge on any atom is 0.294 e. The van der Waals surface area contributed by atoms with Crippen LogP contribution in [0.5, 0.6) is 11.5 Å². The Morgan fingerprint density at radius 2 is 1.73 bits per heavy atom. The van der Waals surface area contributed by atoms with E-state index in [0.717, 1.165) is 0 Å². The van der Waals surface area contributed by atoms with Crippen LogP contribution < -0.4 is 9.47 Å². The van der Waals surface area contributed by atoms with E-state index in [1.165, 1.54) is 4.31 Å². The molecule has 0 amide bonds. The van der Waals surface area contributed by atoms with Crippen LogP contribution in [0.2, 0.25) is 0 Å². The van der Waals surface area contributed by atoms with Gasteiger partial charge in [-0.05, 0) is 43.3 Å². The molecule has 0 unspecified atom stereocenters. The van der Waals surface area contributed by atoms with Gasteiger partial charge in [0.2, 0.25) is 15.8 Å². The average Bonchev–Trinajstić information content (AvgIpc) is 3.44. The van der Waals surface area contributed by atoms with Crippen molar-refractivity contribution in [2.75, 3.05) is 27.3 Å². The van der Waals surface area contributed by atoms with Crippen LogP contribution in [0.1, 0.15) is 19.4 Å². The molecule has 0 aliphatic heterocycles.